The van der Waals surface area contributed by atoms with E-state index in [-0.39, 0.29) is 0 Å². The number of hydrogen-bond acceptors (Lipinski definition) is 7. The lowest BCUT2D eigenvalue weighted by molar-refractivity contribution is -0.390. The van der Waals surface area contributed by atoms with Gasteiger partial charge in [0.25, 0.3) is 5.79 Å². The van der Waals surface area contributed by atoms with Gasteiger partial charge in [-0.15, -0.1) is 0 Å². The number of carbonyl (C=O) groups is 1. The van der Waals surface area contributed by atoms with E-state index in [0.717, 1.165) is 13.8 Å². The molecule has 0 aromatic rings. The number of ether oxygens (including phenoxy) is 4. The van der Waals surface area contributed by atoms with Crippen LogP contribution in [0.4, 0.5) is 22.0 Å². The number of halogens is 5. The number of hydrogen-bond donors (Lipinski definition) is 3. The molecule has 0 aromatic heterocycles. The van der Waals surface area contributed by atoms with Gasteiger partial charge in [-0.3, -0.25) is 0 Å². The highest BCUT2D eigenvalue weighted by molar-refractivity contribution is 5.76. The summed E-state index contributed by atoms with van der Waals surface area (Å²) in [6.45, 7) is 1.02. The van der Waals surface area contributed by atoms with Crippen LogP contribution in [0.15, 0.2) is 0 Å². The first-order valence-corrected chi connectivity index (χ1v) is 6.85. The lowest BCUT2D eigenvalue weighted by Crippen LogP contribution is -2.57. The van der Waals surface area contributed by atoms with Gasteiger partial charge in [-0.2, -0.15) is 13.2 Å². The minimum absolute atomic E-state index is 1.13. The maximum Gasteiger partial charge on any atom is 0.449 e. The van der Waals surface area contributed by atoms with E-state index in [0.29, 0.717) is 0 Å². The van der Waals surface area contributed by atoms with E-state index >= 15 is 0 Å². The van der Waals surface area contributed by atoms with Gasteiger partial charge in [0.2, 0.25) is 0 Å². The molecule has 0 aliphatic carbocycles. The third-order valence-electron chi connectivity index (χ3n) is 3.67. The molecule has 0 bridgehead atoms. The van der Waals surface area contributed by atoms with Crippen molar-refractivity contribution < 1.29 is 61.0 Å². The normalized spacial score (nSPS) is 41.4. The molecule has 2 aliphatic rings. The van der Waals surface area contributed by atoms with Crippen LogP contribution in [0.3, 0.4) is 0 Å². The molecule has 1 unspecified atom stereocenters. The van der Waals surface area contributed by atoms with E-state index in [1.54, 1.807) is 0 Å². The summed E-state index contributed by atoms with van der Waals surface area (Å²) in [5.74, 6) is -11.5. The first-order chi connectivity index (χ1) is 11.2. The monoisotopic (exact) mass is 382 g/mol. The van der Waals surface area contributed by atoms with Gasteiger partial charge in [0.15, 0.2) is 11.9 Å². The largest absolute Gasteiger partial charge is 0.477 e. The highest BCUT2D eigenvalue weighted by atomic mass is 19.4. The smallest absolute Gasteiger partial charge is 0.449 e. The van der Waals surface area contributed by atoms with Crippen LogP contribution in [0.5, 0.6) is 0 Å². The minimum atomic E-state index is -5.72. The summed E-state index contributed by atoms with van der Waals surface area (Å²) in [5.41, 5.74) is 0. The van der Waals surface area contributed by atoms with E-state index in [9.17, 15) is 37.0 Å². The number of aliphatic hydroxyl groups is 2. The molecule has 2 saturated heterocycles. The molecule has 0 radical (unpaired) electrons. The molecule has 3 N–H and O–H groups in total. The summed E-state index contributed by atoms with van der Waals surface area (Å²) in [6, 6.07) is 0. The maximum absolute atomic E-state index is 13.1. The molecule has 0 aromatic carbocycles. The molecule has 13 heteroatoms. The van der Waals surface area contributed by atoms with Gasteiger partial charge in [0.1, 0.15) is 12.2 Å². The predicted molar refractivity (Wildman–Crippen MR) is 64.2 cm³/mol. The van der Waals surface area contributed by atoms with E-state index in [1.807, 2.05) is 0 Å². The van der Waals surface area contributed by atoms with E-state index in [4.69, 9.17) is 14.6 Å². The molecular weight excluding hydrogens is 367 g/mol. The second-order valence-corrected chi connectivity index (χ2v) is 5.93. The molecule has 8 nitrogen and oxygen atoms in total. The van der Waals surface area contributed by atoms with Crippen LogP contribution in [0.1, 0.15) is 13.8 Å². The zero-order valence-corrected chi connectivity index (χ0v) is 12.8. The van der Waals surface area contributed by atoms with Gasteiger partial charge in [-0.25, -0.2) is 13.6 Å². The Balaban J connectivity index is 2.45. The maximum atomic E-state index is 13.1. The molecule has 2 rings (SSSR count). The summed E-state index contributed by atoms with van der Waals surface area (Å²) in [4.78, 5) is 11.3. The van der Waals surface area contributed by atoms with Gasteiger partial charge >= 0.3 is 24.4 Å². The summed E-state index contributed by atoms with van der Waals surface area (Å²) < 4.78 is 83.7. The highest BCUT2D eigenvalue weighted by Crippen LogP contribution is 2.49. The summed E-state index contributed by atoms with van der Waals surface area (Å²) >= 11 is 0. The lowest BCUT2D eigenvalue weighted by atomic mass is 10.0. The Morgan fingerprint density at radius 1 is 1.20 bits per heavy atom. The van der Waals surface area contributed by atoms with Crippen molar-refractivity contribution in [1.82, 2.24) is 0 Å². The molecule has 146 valence electrons. The SMILES string of the molecule is CC1(C)O[C@@H]([C@@H]2OC(C(F)F)(C(F)(F)F)O[C@@H]2CO)[C@](O)(C(=O)O)O1. The predicted octanol–water partition coefficient (Wildman–Crippen LogP) is 0.211. The Labute approximate surface area is 137 Å². The Bertz CT molecular complexity index is 540. The third-order valence-corrected chi connectivity index (χ3v) is 3.67. The van der Waals surface area contributed by atoms with Crippen molar-refractivity contribution in [3.63, 3.8) is 0 Å². The van der Waals surface area contributed by atoms with Crippen LogP contribution in [-0.4, -0.2) is 76.2 Å². The standard InChI is InChI=1S/C12H15F5O8/c1-9(2)24-6(10(21,25-9)8(19)20)5-4(3-18)22-11(23-5,7(13)14)12(15,16)17/h4-7,18,21H,3H2,1-2H3,(H,19,20)/t4-,5-,6+,10-,11?/m1/s1. The van der Waals surface area contributed by atoms with Crippen molar-refractivity contribution in [2.75, 3.05) is 6.61 Å². The minimum Gasteiger partial charge on any atom is -0.477 e. The number of aliphatic carboxylic acids is 1. The Hall–Kier alpha value is -1.12. The van der Waals surface area contributed by atoms with Crippen molar-refractivity contribution in [2.45, 2.75) is 62.1 Å². The first kappa shape index (κ1) is 20.2. The number of carboxylic acid groups (broad SMARTS) is 1. The van der Waals surface area contributed by atoms with Gasteiger partial charge in [0, 0.05) is 0 Å². The van der Waals surface area contributed by atoms with Crippen LogP contribution in [-0.2, 0) is 23.7 Å². The topological polar surface area (TPSA) is 115 Å². The first-order valence-electron chi connectivity index (χ1n) is 6.85. The van der Waals surface area contributed by atoms with Crippen molar-refractivity contribution in [1.29, 1.82) is 0 Å². The summed E-state index contributed by atoms with van der Waals surface area (Å²) in [6.07, 6.45) is -16.4. The fraction of sp³-hybridized carbons (Fsp3) is 0.917. The molecule has 0 amide bonds. The molecule has 25 heavy (non-hydrogen) atoms. The van der Waals surface area contributed by atoms with Crippen molar-refractivity contribution >= 4 is 5.97 Å². The molecule has 0 spiro atoms. The number of rotatable bonds is 4. The number of alkyl halides is 5. The van der Waals surface area contributed by atoms with Crippen LogP contribution in [0.25, 0.3) is 0 Å². The lowest BCUT2D eigenvalue weighted by Gasteiger charge is -2.30. The highest BCUT2D eigenvalue weighted by Gasteiger charge is 2.74. The van der Waals surface area contributed by atoms with Gasteiger partial charge < -0.3 is 34.3 Å². The second kappa shape index (κ2) is 5.96. The molecule has 0 saturated carbocycles. The molecule has 2 heterocycles. The number of carboxylic acids is 1. The van der Waals surface area contributed by atoms with Crippen molar-refractivity contribution in [2.24, 2.45) is 0 Å². The third kappa shape index (κ3) is 3.08. The Morgan fingerprint density at radius 2 is 1.76 bits per heavy atom. The molecule has 2 fully saturated rings. The van der Waals surface area contributed by atoms with Crippen molar-refractivity contribution in [3.05, 3.63) is 0 Å². The quantitative estimate of drug-likeness (QED) is 0.592. The average molecular weight is 382 g/mol. The Kier molecular flexibility index (Phi) is 4.81. The van der Waals surface area contributed by atoms with Gasteiger partial charge in [-0.1, -0.05) is 0 Å². The van der Waals surface area contributed by atoms with Crippen molar-refractivity contribution in [3.8, 4) is 0 Å². The fourth-order valence-electron chi connectivity index (χ4n) is 2.65. The van der Waals surface area contributed by atoms with E-state index in [2.05, 4.69) is 9.47 Å². The molecular formula is C12H15F5O8. The van der Waals surface area contributed by atoms with Gasteiger partial charge in [0.05, 0.1) is 6.61 Å². The summed E-state index contributed by atoms with van der Waals surface area (Å²) in [7, 11) is 0. The van der Waals surface area contributed by atoms with E-state index < -0.39 is 60.9 Å². The van der Waals surface area contributed by atoms with Crippen LogP contribution >= 0.6 is 0 Å². The van der Waals surface area contributed by atoms with Crippen LogP contribution < -0.4 is 0 Å². The van der Waals surface area contributed by atoms with Crippen LogP contribution in [0, 0.1) is 0 Å². The zero-order chi connectivity index (χ0) is 19.4. The molecule has 2 aliphatic heterocycles. The molecule has 5 atom stereocenters. The zero-order valence-electron chi connectivity index (χ0n) is 12.8. The Morgan fingerprint density at radius 3 is 2.16 bits per heavy atom. The average Bonchev–Trinajstić information content (AvgIpc) is 2.94. The number of aliphatic hydroxyl groups excluding tert-OH is 1. The summed E-state index contributed by atoms with van der Waals surface area (Å²) in [5, 5.41) is 28.4. The second-order valence-electron chi connectivity index (χ2n) is 5.93. The van der Waals surface area contributed by atoms with Gasteiger partial charge in [-0.05, 0) is 13.8 Å². The fourth-order valence-corrected chi connectivity index (χ4v) is 2.65. The van der Waals surface area contributed by atoms with Crippen LogP contribution in [0.2, 0.25) is 0 Å². The van der Waals surface area contributed by atoms with E-state index in [1.165, 1.54) is 0 Å².